The second-order valence-corrected chi connectivity index (χ2v) is 8.28. The number of rotatable bonds is 6. The van der Waals surface area contributed by atoms with Gasteiger partial charge in [0.1, 0.15) is 23.7 Å². The Labute approximate surface area is 196 Å². The number of alkyl halides is 3. The van der Waals surface area contributed by atoms with E-state index in [0.717, 1.165) is 4.90 Å². The molecule has 0 aliphatic carbocycles. The van der Waals surface area contributed by atoms with E-state index in [-0.39, 0.29) is 30.4 Å². The van der Waals surface area contributed by atoms with Crippen molar-refractivity contribution in [2.75, 3.05) is 32.2 Å². The predicted octanol–water partition coefficient (Wildman–Crippen LogP) is 3.14. The van der Waals surface area contributed by atoms with Gasteiger partial charge in [-0.2, -0.15) is 4.98 Å². The zero-order valence-electron chi connectivity index (χ0n) is 18.8. The Morgan fingerprint density at radius 2 is 2.14 bits per heavy atom. The van der Waals surface area contributed by atoms with Crippen LogP contribution < -0.4 is 10.1 Å². The van der Waals surface area contributed by atoms with Crippen LogP contribution in [0.3, 0.4) is 0 Å². The summed E-state index contributed by atoms with van der Waals surface area (Å²) in [5.41, 5.74) is 1.92. The van der Waals surface area contributed by atoms with E-state index in [0.29, 0.717) is 22.2 Å². The van der Waals surface area contributed by atoms with E-state index in [1.807, 2.05) is 0 Å². The third-order valence-corrected chi connectivity index (χ3v) is 6.05. The SMILES string of the molecule is COc1nc(N[C@@H]2CN(C(C)=O)CC2(F)F)nn2ccc(-c3cc(F)c4ncn(CCF)c4c3)c12. The molecule has 0 bridgehead atoms. The molecule has 1 N–H and O–H groups in total. The average Bonchev–Trinajstić information content (AvgIpc) is 3.49. The van der Waals surface area contributed by atoms with Crippen molar-refractivity contribution in [1.29, 1.82) is 0 Å². The van der Waals surface area contributed by atoms with E-state index in [9.17, 15) is 22.4 Å². The molecule has 3 aromatic heterocycles. The van der Waals surface area contributed by atoms with Crippen LogP contribution in [-0.4, -0.2) is 73.8 Å². The average molecular weight is 491 g/mol. The molecule has 1 aromatic carbocycles. The van der Waals surface area contributed by atoms with Crippen LogP contribution in [0.4, 0.5) is 23.5 Å². The van der Waals surface area contributed by atoms with Crippen LogP contribution in [0.2, 0.25) is 0 Å². The molecule has 1 amide bonds. The summed E-state index contributed by atoms with van der Waals surface area (Å²) >= 11 is 0. The van der Waals surface area contributed by atoms with Gasteiger partial charge < -0.3 is 19.5 Å². The standard InChI is InChI=1S/C22H21F4N7O2/c1-12(34)32-9-17(22(25,26)10-32)28-21-29-20(35-2)19-14(3-5-33(19)30-21)13-7-15(24)18-16(8-13)31(6-4-23)11-27-18/h3,5,7-8,11,17H,4,6,9-10H2,1-2H3,(H,28,30)/t17-/m1/s1. The Balaban J connectivity index is 1.54. The molecule has 5 rings (SSSR count). The number of halogens is 4. The molecule has 4 heterocycles. The summed E-state index contributed by atoms with van der Waals surface area (Å²) in [6.07, 6.45) is 2.94. The number of hydrogen-bond acceptors (Lipinski definition) is 6. The summed E-state index contributed by atoms with van der Waals surface area (Å²) in [6.45, 7) is -0.261. The number of ether oxygens (including phenoxy) is 1. The number of anilines is 1. The molecule has 13 heteroatoms. The first-order chi connectivity index (χ1) is 16.7. The number of carbonyl (C=O) groups excluding carboxylic acids is 1. The fourth-order valence-corrected chi connectivity index (χ4v) is 4.30. The molecule has 0 spiro atoms. The van der Waals surface area contributed by atoms with Crippen LogP contribution in [0.15, 0.2) is 30.7 Å². The number of carbonyl (C=O) groups is 1. The first-order valence-electron chi connectivity index (χ1n) is 10.8. The van der Waals surface area contributed by atoms with Gasteiger partial charge in [0.2, 0.25) is 17.7 Å². The lowest BCUT2D eigenvalue weighted by Gasteiger charge is -2.19. The summed E-state index contributed by atoms with van der Waals surface area (Å²) in [5.74, 6) is -4.24. The minimum Gasteiger partial charge on any atom is -0.479 e. The lowest BCUT2D eigenvalue weighted by Crippen LogP contribution is -2.38. The number of likely N-dealkylation sites (tertiary alicyclic amines) is 1. The maximum Gasteiger partial charge on any atom is 0.286 e. The van der Waals surface area contributed by atoms with Gasteiger partial charge in [0.25, 0.3) is 5.92 Å². The van der Waals surface area contributed by atoms with Crippen molar-refractivity contribution in [3.8, 4) is 17.0 Å². The van der Waals surface area contributed by atoms with E-state index in [1.54, 1.807) is 18.3 Å². The lowest BCUT2D eigenvalue weighted by molar-refractivity contribution is -0.129. The molecule has 4 aromatic rings. The van der Waals surface area contributed by atoms with Gasteiger partial charge in [-0.1, -0.05) is 0 Å². The third kappa shape index (κ3) is 3.90. The van der Waals surface area contributed by atoms with Crippen molar-refractivity contribution in [2.24, 2.45) is 0 Å². The molecule has 9 nitrogen and oxygen atoms in total. The zero-order valence-corrected chi connectivity index (χ0v) is 18.8. The minimum absolute atomic E-state index is 0.0320. The van der Waals surface area contributed by atoms with Gasteiger partial charge in [-0.15, -0.1) is 5.10 Å². The molecule has 0 radical (unpaired) electrons. The first kappa shape index (κ1) is 22.9. The molecular weight excluding hydrogens is 470 g/mol. The number of fused-ring (bicyclic) bond motifs is 2. The van der Waals surface area contributed by atoms with Crippen molar-refractivity contribution in [3.63, 3.8) is 0 Å². The molecule has 0 unspecified atom stereocenters. The lowest BCUT2D eigenvalue weighted by atomic mass is 10.1. The molecule has 1 saturated heterocycles. The van der Waals surface area contributed by atoms with Gasteiger partial charge >= 0.3 is 0 Å². The topological polar surface area (TPSA) is 89.6 Å². The Kier molecular flexibility index (Phi) is 5.49. The highest BCUT2D eigenvalue weighted by Gasteiger charge is 2.49. The van der Waals surface area contributed by atoms with E-state index in [1.165, 1.54) is 35.5 Å². The van der Waals surface area contributed by atoms with E-state index < -0.39 is 36.9 Å². The Hall–Kier alpha value is -3.90. The Morgan fingerprint density at radius 1 is 1.34 bits per heavy atom. The fraction of sp³-hybridized carbons (Fsp3) is 0.364. The van der Waals surface area contributed by atoms with E-state index in [4.69, 9.17) is 4.74 Å². The second-order valence-electron chi connectivity index (χ2n) is 8.28. The van der Waals surface area contributed by atoms with Gasteiger partial charge in [-0.05, 0) is 23.8 Å². The largest absolute Gasteiger partial charge is 0.479 e. The first-order valence-corrected chi connectivity index (χ1v) is 10.8. The molecule has 0 saturated carbocycles. The number of imidazole rings is 1. The van der Waals surface area contributed by atoms with Gasteiger partial charge in [-0.25, -0.2) is 27.1 Å². The highest BCUT2D eigenvalue weighted by Crippen LogP contribution is 2.35. The molecule has 1 aliphatic heterocycles. The Bertz CT molecular complexity index is 1430. The summed E-state index contributed by atoms with van der Waals surface area (Å²) in [7, 11) is 1.37. The molecule has 1 fully saturated rings. The summed E-state index contributed by atoms with van der Waals surface area (Å²) in [6, 6.07) is 3.26. The highest BCUT2D eigenvalue weighted by atomic mass is 19.3. The molecule has 1 aliphatic rings. The quantitative estimate of drug-likeness (QED) is 0.417. The summed E-state index contributed by atoms with van der Waals surface area (Å²) in [5, 5.41) is 6.88. The maximum atomic E-state index is 14.8. The van der Waals surface area contributed by atoms with Crippen molar-refractivity contribution in [1.82, 2.24) is 29.0 Å². The monoisotopic (exact) mass is 491 g/mol. The van der Waals surface area contributed by atoms with Crippen LogP contribution in [0.1, 0.15) is 6.92 Å². The highest BCUT2D eigenvalue weighted by molar-refractivity contribution is 5.90. The minimum atomic E-state index is -3.17. The van der Waals surface area contributed by atoms with Crippen molar-refractivity contribution in [2.45, 2.75) is 25.4 Å². The number of amides is 1. The summed E-state index contributed by atoms with van der Waals surface area (Å²) in [4.78, 5) is 20.9. The van der Waals surface area contributed by atoms with E-state index >= 15 is 0 Å². The number of hydrogen-bond donors (Lipinski definition) is 1. The van der Waals surface area contributed by atoms with Gasteiger partial charge in [0.15, 0.2) is 5.82 Å². The van der Waals surface area contributed by atoms with Crippen LogP contribution in [0.25, 0.3) is 27.7 Å². The Morgan fingerprint density at radius 3 is 2.83 bits per heavy atom. The molecule has 35 heavy (non-hydrogen) atoms. The van der Waals surface area contributed by atoms with Crippen molar-refractivity contribution < 1.29 is 27.1 Å². The summed E-state index contributed by atoms with van der Waals surface area (Å²) < 4.78 is 64.9. The molecule has 1 atom stereocenters. The second kappa shape index (κ2) is 8.40. The number of methoxy groups -OCH3 is 1. The van der Waals surface area contributed by atoms with Crippen LogP contribution in [-0.2, 0) is 11.3 Å². The maximum absolute atomic E-state index is 14.8. The smallest absolute Gasteiger partial charge is 0.286 e. The predicted molar refractivity (Wildman–Crippen MR) is 119 cm³/mol. The number of aryl methyl sites for hydroxylation is 1. The van der Waals surface area contributed by atoms with Gasteiger partial charge in [0, 0.05) is 25.2 Å². The molecule has 184 valence electrons. The third-order valence-electron chi connectivity index (χ3n) is 6.05. The number of nitrogens with zero attached hydrogens (tertiary/aromatic N) is 6. The van der Waals surface area contributed by atoms with Crippen molar-refractivity contribution in [3.05, 3.63) is 36.5 Å². The number of nitrogens with one attached hydrogen (secondary N) is 1. The van der Waals surface area contributed by atoms with Crippen LogP contribution in [0, 0.1) is 5.82 Å². The van der Waals surface area contributed by atoms with Gasteiger partial charge in [-0.3, -0.25) is 4.79 Å². The van der Waals surface area contributed by atoms with E-state index in [2.05, 4.69) is 20.4 Å². The number of aromatic nitrogens is 5. The van der Waals surface area contributed by atoms with Crippen LogP contribution >= 0.6 is 0 Å². The van der Waals surface area contributed by atoms with Crippen molar-refractivity contribution >= 4 is 28.4 Å². The van der Waals surface area contributed by atoms with Gasteiger partial charge in [0.05, 0.1) is 32.0 Å². The van der Waals surface area contributed by atoms with Crippen LogP contribution in [0.5, 0.6) is 5.88 Å². The normalized spacial score (nSPS) is 17.4. The molecular formula is C22H21F4N7O2. The number of benzene rings is 1. The fourth-order valence-electron chi connectivity index (χ4n) is 4.30. The zero-order chi connectivity index (χ0) is 24.9.